The number of anilines is 2. The minimum Gasteiger partial charge on any atom is -0.453 e. The molecule has 0 bridgehead atoms. The van der Waals surface area contributed by atoms with Crippen molar-refractivity contribution in [2.75, 3.05) is 5.32 Å². The van der Waals surface area contributed by atoms with Crippen molar-refractivity contribution < 1.29 is 9.53 Å². The van der Waals surface area contributed by atoms with Crippen molar-refractivity contribution in [1.29, 1.82) is 0 Å². The molecular weight excluding hydrogens is 308 g/mol. The topological polar surface area (TPSA) is 51.2 Å². The second kappa shape index (κ2) is 6.32. The van der Waals surface area contributed by atoms with Crippen LogP contribution in [0.3, 0.4) is 0 Å². The summed E-state index contributed by atoms with van der Waals surface area (Å²) in [6, 6.07) is 8.11. The van der Waals surface area contributed by atoms with Gasteiger partial charge in [0.1, 0.15) is 0 Å². The monoisotopic (exact) mass is 330 g/mol. The maximum atomic E-state index is 12.0. The van der Waals surface area contributed by atoms with Crippen LogP contribution < -0.4 is 5.32 Å². The zero-order chi connectivity index (χ0) is 16.4. The predicted molar refractivity (Wildman–Crippen MR) is 93.0 cm³/mol. The van der Waals surface area contributed by atoms with Gasteiger partial charge in [0, 0.05) is 17.5 Å². The molecule has 122 valence electrons. The molecule has 0 saturated carbocycles. The molecule has 0 radical (unpaired) electrons. The lowest BCUT2D eigenvalue weighted by molar-refractivity contribution is -0.150. The van der Waals surface area contributed by atoms with E-state index in [2.05, 4.69) is 30.2 Å². The quantitative estimate of drug-likeness (QED) is 0.802. The van der Waals surface area contributed by atoms with Crippen molar-refractivity contribution in [3.63, 3.8) is 0 Å². The minimum absolute atomic E-state index is 0.000484. The van der Waals surface area contributed by atoms with Crippen LogP contribution >= 0.6 is 11.3 Å². The average molecular weight is 330 g/mol. The second-order valence-electron chi connectivity index (χ2n) is 6.32. The molecule has 1 aliphatic heterocycles. The first-order valence-corrected chi connectivity index (χ1v) is 8.91. The number of para-hydroxylation sites is 1. The number of aryl methyl sites for hydroxylation is 1. The van der Waals surface area contributed by atoms with Gasteiger partial charge in [0.2, 0.25) is 0 Å². The van der Waals surface area contributed by atoms with E-state index in [0.29, 0.717) is 6.42 Å². The highest BCUT2D eigenvalue weighted by molar-refractivity contribution is 7.13. The molecule has 1 N–H and O–H groups in total. The normalized spacial score (nSPS) is 23.8. The molecule has 1 aromatic heterocycles. The third-order valence-electron chi connectivity index (χ3n) is 4.36. The van der Waals surface area contributed by atoms with Gasteiger partial charge in [-0.3, -0.25) is 4.79 Å². The van der Waals surface area contributed by atoms with Gasteiger partial charge < -0.3 is 10.1 Å². The van der Waals surface area contributed by atoms with Gasteiger partial charge in [-0.15, -0.1) is 11.3 Å². The highest BCUT2D eigenvalue weighted by Crippen LogP contribution is 2.42. The van der Waals surface area contributed by atoms with Crippen LogP contribution in [0.2, 0.25) is 0 Å². The summed E-state index contributed by atoms with van der Waals surface area (Å²) in [7, 11) is 0. The van der Waals surface area contributed by atoms with Gasteiger partial charge in [0.05, 0.1) is 11.6 Å². The minimum atomic E-state index is -0.598. The van der Waals surface area contributed by atoms with Crippen LogP contribution in [0, 0.1) is 12.8 Å². The summed E-state index contributed by atoms with van der Waals surface area (Å²) >= 11 is 1.54. The number of aromatic nitrogens is 1. The molecule has 2 atom stereocenters. The fraction of sp³-hybridized carbons (Fsp3) is 0.444. The Morgan fingerprint density at radius 1 is 1.43 bits per heavy atom. The molecule has 23 heavy (non-hydrogen) atoms. The Labute approximate surface area is 140 Å². The molecule has 1 fully saturated rings. The van der Waals surface area contributed by atoms with Crippen molar-refractivity contribution >= 4 is 28.1 Å². The molecule has 1 aliphatic rings. The first-order chi connectivity index (χ1) is 11.0. The van der Waals surface area contributed by atoms with E-state index >= 15 is 0 Å². The van der Waals surface area contributed by atoms with E-state index in [1.54, 1.807) is 11.3 Å². The first-order valence-electron chi connectivity index (χ1n) is 8.03. The molecule has 0 unspecified atom stereocenters. The van der Waals surface area contributed by atoms with Crippen molar-refractivity contribution in [3.05, 3.63) is 40.9 Å². The summed E-state index contributed by atoms with van der Waals surface area (Å²) in [5.74, 6) is -0.0877. The maximum absolute atomic E-state index is 12.0. The van der Waals surface area contributed by atoms with E-state index in [-0.39, 0.29) is 11.9 Å². The van der Waals surface area contributed by atoms with Gasteiger partial charge in [0.15, 0.2) is 10.7 Å². The number of hydrogen-bond donors (Lipinski definition) is 1. The van der Waals surface area contributed by atoms with E-state index in [9.17, 15) is 4.79 Å². The predicted octanol–water partition coefficient (Wildman–Crippen LogP) is 4.77. The smallest absolute Gasteiger partial charge is 0.310 e. The highest BCUT2D eigenvalue weighted by Gasteiger charge is 2.45. The average Bonchev–Trinajstić information content (AvgIpc) is 3.08. The Kier molecular flexibility index (Phi) is 4.39. The maximum Gasteiger partial charge on any atom is 0.310 e. The zero-order valence-corrected chi connectivity index (χ0v) is 14.6. The number of nitrogens with one attached hydrogen (secondary N) is 1. The standard InChI is InChI=1S/C18H22N2O2S/c1-4-7-13-10-18(3,22-16(13)21)15-11-23-17(20-15)19-14-9-6-5-8-12(14)2/h5-6,8-9,11,13H,4,7,10H2,1-3H3,(H,19,20)/t13-,18+/m1/s1. The summed E-state index contributed by atoms with van der Waals surface area (Å²) < 4.78 is 5.66. The molecule has 3 rings (SSSR count). The van der Waals surface area contributed by atoms with Gasteiger partial charge in [-0.05, 0) is 31.9 Å². The molecule has 2 aromatic rings. The number of cyclic esters (lactones) is 1. The van der Waals surface area contributed by atoms with Crippen molar-refractivity contribution in [2.45, 2.75) is 45.6 Å². The number of thiazole rings is 1. The molecule has 4 nitrogen and oxygen atoms in total. The summed E-state index contributed by atoms with van der Waals surface area (Å²) in [6.45, 7) is 6.12. The summed E-state index contributed by atoms with van der Waals surface area (Å²) in [6.07, 6.45) is 2.59. The summed E-state index contributed by atoms with van der Waals surface area (Å²) in [5.41, 5.74) is 2.46. The van der Waals surface area contributed by atoms with Crippen molar-refractivity contribution in [3.8, 4) is 0 Å². The molecule has 1 saturated heterocycles. The molecule has 2 heterocycles. The number of rotatable bonds is 5. The lowest BCUT2D eigenvalue weighted by Crippen LogP contribution is -2.21. The molecule has 1 aromatic carbocycles. The Morgan fingerprint density at radius 2 is 2.22 bits per heavy atom. The Balaban J connectivity index is 1.77. The largest absolute Gasteiger partial charge is 0.453 e. The van der Waals surface area contributed by atoms with E-state index < -0.39 is 5.60 Å². The van der Waals surface area contributed by atoms with E-state index in [1.165, 1.54) is 5.56 Å². The molecule has 0 spiro atoms. The number of hydrogen-bond acceptors (Lipinski definition) is 5. The van der Waals surface area contributed by atoms with Crippen LogP contribution in [0.25, 0.3) is 0 Å². The van der Waals surface area contributed by atoms with E-state index in [4.69, 9.17) is 4.74 Å². The number of carbonyl (C=O) groups is 1. The second-order valence-corrected chi connectivity index (χ2v) is 7.18. The molecular formula is C18H22N2O2S. The van der Waals surface area contributed by atoms with Gasteiger partial charge >= 0.3 is 5.97 Å². The molecule has 0 aliphatic carbocycles. The zero-order valence-electron chi connectivity index (χ0n) is 13.8. The van der Waals surface area contributed by atoms with Crippen LogP contribution in [-0.4, -0.2) is 11.0 Å². The lowest BCUT2D eigenvalue weighted by atomic mass is 9.91. The fourth-order valence-corrected chi connectivity index (χ4v) is 3.87. The fourth-order valence-electron chi connectivity index (χ4n) is 3.03. The lowest BCUT2D eigenvalue weighted by Gasteiger charge is -2.19. The van der Waals surface area contributed by atoms with Crippen LogP contribution in [0.1, 0.15) is 44.4 Å². The number of esters is 1. The van der Waals surface area contributed by atoms with Crippen molar-refractivity contribution in [2.24, 2.45) is 5.92 Å². The van der Waals surface area contributed by atoms with Crippen molar-refractivity contribution in [1.82, 2.24) is 4.98 Å². The van der Waals surface area contributed by atoms with Gasteiger partial charge in [-0.25, -0.2) is 4.98 Å². The van der Waals surface area contributed by atoms with Crippen LogP contribution in [-0.2, 0) is 15.1 Å². The third-order valence-corrected chi connectivity index (χ3v) is 5.12. The van der Waals surface area contributed by atoms with E-state index in [0.717, 1.165) is 29.4 Å². The van der Waals surface area contributed by atoms with Crippen LogP contribution in [0.15, 0.2) is 29.6 Å². The third kappa shape index (κ3) is 3.24. The van der Waals surface area contributed by atoms with Gasteiger partial charge in [-0.1, -0.05) is 31.5 Å². The summed E-state index contributed by atoms with van der Waals surface area (Å²) in [4.78, 5) is 16.7. The summed E-state index contributed by atoms with van der Waals surface area (Å²) in [5, 5.41) is 6.16. The first kappa shape index (κ1) is 16.0. The number of benzene rings is 1. The number of ether oxygens (including phenoxy) is 1. The van der Waals surface area contributed by atoms with Gasteiger partial charge in [-0.2, -0.15) is 0 Å². The highest BCUT2D eigenvalue weighted by atomic mass is 32.1. The van der Waals surface area contributed by atoms with Crippen LogP contribution in [0.5, 0.6) is 0 Å². The molecule has 5 heteroatoms. The Hall–Kier alpha value is -1.88. The van der Waals surface area contributed by atoms with Gasteiger partial charge in [0.25, 0.3) is 0 Å². The Bertz CT molecular complexity index is 713. The SMILES string of the molecule is CCC[C@@H]1C[C@@](C)(c2csc(Nc3ccccc3C)n2)OC1=O. The molecule has 0 amide bonds. The van der Waals surface area contributed by atoms with Crippen LogP contribution in [0.4, 0.5) is 10.8 Å². The Morgan fingerprint density at radius 3 is 2.96 bits per heavy atom. The number of nitrogens with zero attached hydrogens (tertiary/aromatic N) is 1. The number of carbonyl (C=O) groups excluding carboxylic acids is 1. The van der Waals surface area contributed by atoms with E-state index in [1.807, 2.05) is 30.5 Å².